The second kappa shape index (κ2) is 13.6. The van der Waals surface area contributed by atoms with Gasteiger partial charge in [-0.05, 0) is 88.2 Å². The number of hydrogen-bond donors (Lipinski definition) is 1. The van der Waals surface area contributed by atoms with Gasteiger partial charge in [0.2, 0.25) is 0 Å². The fraction of sp³-hybridized carbons (Fsp3) is 0.368. The SMILES string of the molecule is CN(CCCN(C)CCN1C(=O)c2cccc3c(N4CCCC(O)C4)ccc(c23)C1=O)CCN1C(=O)c2cccc3c(Br)ccc(c23)C1=O. The molecule has 254 valence electrons. The van der Waals surface area contributed by atoms with E-state index in [0.29, 0.717) is 59.2 Å². The minimum absolute atomic E-state index is 0.266. The van der Waals surface area contributed by atoms with Gasteiger partial charge in [0.05, 0.1) is 6.10 Å². The van der Waals surface area contributed by atoms with E-state index < -0.39 is 0 Å². The van der Waals surface area contributed by atoms with Gasteiger partial charge in [-0.25, -0.2) is 0 Å². The number of β-amino-alcohol motifs (C(OH)–C–C–N with tert-alkyl or cyclic N) is 1. The first-order valence-electron chi connectivity index (χ1n) is 16.9. The zero-order valence-electron chi connectivity index (χ0n) is 27.8. The molecule has 1 atom stereocenters. The number of carbonyl (C=O) groups excluding carboxylic acids is 4. The van der Waals surface area contributed by atoms with Crippen LogP contribution in [0.4, 0.5) is 5.69 Å². The quantitative estimate of drug-likeness (QED) is 0.219. The van der Waals surface area contributed by atoms with Crippen LogP contribution in [0.3, 0.4) is 0 Å². The van der Waals surface area contributed by atoms with Crippen molar-refractivity contribution in [2.75, 3.05) is 71.4 Å². The third kappa shape index (κ3) is 6.14. The number of rotatable bonds is 11. The molecule has 1 saturated heterocycles. The van der Waals surface area contributed by atoms with E-state index in [1.165, 1.54) is 9.80 Å². The molecule has 1 N–H and O–H groups in total. The number of anilines is 1. The van der Waals surface area contributed by atoms with Gasteiger partial charge in [-0.1, -0.05) is 40.2 Å². The minimum atomic E-state index is -0.385. The number of benzene rings is 4. The third-order valence-electron chi connectivity index (χ3n) is 10.1. The molecule has 4 aromatic rings. The fourth-order valence-electron chi connectivity index (χ4n) is 7.47. The number of amides is 4. The molecule has 3 aliphatic rings. The van der Waals surface area contributed by atoms with Crippen molar-refractivity contribution in [2.45, 2.75) is 25.4 Å². The van der Waals surface area contributed by atoms with Crippen LogP contribution in [0.2, 0.25) is 0 Å². The summed E-state index contributed by atoms with van der Waals surface area (Å²) in [5.74, 6) is -1.09. The molecule has 4 amide bonds. The summed E-state index contributed by atoms with van der Waals surface area (Å²) in [4.78, 5) is 62.9. The molecule has 0 aromatic heterocycles. The van der Waals surface area contributed by atoms with Crippen molar-refractivity contribution in [3.05, 3.63) is 87.4 Å². The second-order valence-electron chi connectivity index (χ2n) is 13.4. The van der Waals surface area contributed by atoms with Gasteiger partial charge >= 0.3 is 0 Å². The highest BCUT2D eigenvalue weighted by molar-refractivity contribution is 9.10. The molecule has 0 bridgehead atoms. The topological polar surface area (TPSA) is 105 Å². The molecule has 0 spiro atoms. The Hall–Kier alpha value is -4.16. The van der Waals surface area contributed by atoms with Crippen LogP contribution >= 0.6 is 15.9 Å². The molecule has 49 heavy (non-hydrogen) atoms. The highest BCUT2D eigenvalue weighted by Crippen LogP contribution is 2.37. The summed E-state index contributed by atoms with van der Waals surface area (Å²) in [6.45, 7) is 4.54. The van der Waals surface area contributed by atoms with E-state index in [0.717, 1.165) is 59.8 Å². The standard InChI is InChI=1S/C38H40BrN5O5/c1-40(19-21-43-35(46)27-10-3-8-25-31(39)14-12-29(33(25)27)37(43)48)16-6-17-41(2)20-22-44-36(47)28-11-4-9-26-32(42-18-5-7-24(45)23-42)15-13-30(34(26)28)38(44)49/h3-4,8-15,24,45H,5-7,16-23H2,1-2H3. The molecule has 3 aliphatic heterocycles. The van der Waals surface area contributed by atoms with Crippen molar-refractivity contribution in [1.29, 1.82) is 0 Å². The van der Waals surface area contributed by atoms with Gasteiger partial charge < -0.3 is 19.8 Å². The van der Waals surface area contributed by atoms with Gasteiger partial charge in [0, 0.05) is 87.8 Å². The fourth-order valence-corrected chi connectivity index (χ4v) is 7.94. The molecule has 0 radical (unpaired) electrons. The van der Waals surface area contributed by atoms with Crippen LogP contribution in [0, 0.1) is 0 Å². The largest absolute Gasteiger partial charge is 0.391 e. The van der Waals surface area contributed by atoms with Gasteiger partial charge in [0.1, 0.15) is 0 Å². The maximum absolute atomic E-state index is 13.6. The molecule has 11 heteroatoms. The molecule has 0 saturated carbocycles. The number of carbonyl (C=O) groups is 4. The first-order valence-corrected chi connectivity index (χ1v) is 17.7. The van der Waals surface area contributed by atoms with E-state index in [1.807, 2.05) is 56.6 Å². The lowest BCUT2D eigenvalue weighted by atomic mass is 9.92. The number of piperidine rings is 1. The van der Waals surface area contributed by atoms with Crippen molar-refractivity contribution in [3.8, 4) is 0 Å². The third-order valence-corrected chi connectivity index (χ3v) is 10.8. The van der Waals surface area contributed by atoms with Gasteiger partial charge in [0.25, 0.3) is 23.6 Å². The first-order chi connectivity index (χ1) is 23.6. The highest BCUT2D eigenvalue weighted by atomic mass is 79.9. The summed E-state index contributed by atoms with van der Waals surface area (Å²) in [6, 6.07) is 18.6. The Morgan fingerprint density at radius 1 is 0.694 bits per heavy atom. The van der Waals surface area contributed by atoms with E-state index in [1.54, 1.807) is 18.2 Å². The van der Waals surface area contributed by atoms with Crippen LogP contribution in [0.1, 0.15) is 60.7 Å². The van der Waals surface area contributed by atoms with E-state index in [9.17, 15) is 24.3 Å². The number of aliphatic hydroxyl groups is 1. The van der Waals surface area contributed by atoms with Crippen molar-refractivity contribution in [2.24, 2.45) is 0 Å². The Bertz CT molecular complexity index is 1950. The molecule has 0 aliphatic carbocycles. The smallest absolute Gasteiger partial charge is 0.261 e. The molecule has 3 heterocycles. The summed E-state index contributed by atoms with van der Waals surface area (Å²) in [5.41, 5.74) is 3.12. The van der Waals surface area contributed by atoms with Crippen LogP contribution in [0.25, 0.3) is 21.5 Å². The van der Waals surface area contributed by atoms with Crippen LogP contribution in [0.5, 0.6) is 0 Å². The van der Waals surface area contributed by atoms with E-state index in [2.05, 4.69) is 30.6 Å². The van der Waals surface area contributed by atoms with Gasteiger partial charge in [-0.2, -0.15) is 0 Å². The predicted octanol–water partition coefficient (Wildman–Crippen LogP) is 4.86. The molecular formula is C38H40BrN5O5. The number of imide groups is 2. The Kier molecular flexibility index (Phi) is 9.27. The number of hydrogen-bond acceptors (Lipinski definition) is 8. The van der Waals surface area contributed by atoms with Crippen LogP contribution in [0.15, 0.2) is 65.1 Å². The lowest BCUT2D eigenvalue weighted by Gasteiger charge is -2.34. The summed E-state index contributed by atoms with van der Waals surface area (Å²) in [7, 11) is 3.96. The summed E-state index contributed by atoms with van der Waals surface area (Å²) in [6.07, 6.45) is 2.13. The number of nitrogens with zero attached hydrogens (tertiary/aromatic N) is 5. The second-order valence-corrected chi connectivity index (χ2v) is 14.3. The summed E-state index contributed by atoms with van der Waals surface area (Å²) in [5, 5.41) is 13.4. The van der Waals surface area contributed by atoms with Crippen LogP contribution in [-0.2, 0) is 0 Å². The lowest BCUT2D eigenvalue weighted by Crippen LogP contribution is -2.45. The Morgan fingerprint density at radius 2 is 1.20 bits per heavy atom. The summed E-state index contributed by atoms with van der Waals surface area (Å²) >= 11 is 3.53. The zero-order chi connectivity index (χ0) is 34.4. The van der Waals surface area contributed by atoms with E-state index in [4.69, 9.17) is 0 Å². The van der Waals surface area contributed by atoms with Crippen molar-refractivity contribution >= 4 is 66.8 Å². The van der Waals surface area contributed by atoms with E-state index in [-0.39, 0.29) is 36.3 Å². The average Bonchev–Trinajstić information content (AvgIpc) is 3.09. The minimum Gasteiger partial charge on any atom is -0.391 e. The van der Waals surface area contributed by atoms with Gasteiger partial charge in [-0.15, -0.1) is 0 Å². The van der Waals surface area contributed by atoms with Crippen LogP contribution < -0.4 is 4.90 Å². The highest BCUT2D eigenvalue weighted by Gasteiger charge is 2.35. The Labute approximate surface area is 294 Å². The van der Waals surface area contributed by atoms with Crippen molar-refractivity contribution < 1.29 is 24.3 Å². The van der Waals surface area contributed by atoms with Crippen molar-refractivity contribution in [3.63, 3.8) is 0 Å². The molecule has 7 rings (SSSR count). The molecular weight excluding hydrogens is 686 g/mol. The number of halogens is 1. The Morgan fingerprint density at radius 3 is 1.78 bits per heavy atom. The normalized spacial score (nSPS) is 17.8. The number of aliphatic hydroxyl groups excluding tert-OH is 1. The number of likely N-dealkylation sites (N-methyl/N-ethyl adjacent to an activating group) is 2. The summed E-state index contributed by atoms with van der Waals surface area (Å²) < 4.78 is 0.855. The van der Waals surface area contributed by atoms with E-state index >= 15 is 0 Å². The average molecular weight is 727 g/mol. The Balaban J connectivity index is 0.917. The molecule has 1 fully saturated rings. The molecule has 10 nitrogen and oxygen atoms in total. The maximum Gasteiger partial charge on any atom is 0.261 e. The predicted molar refractivity (Wildman–Crippen MR) is 193 cm³/mol. The maximum atomic E-state index is 13.6. The van der Waals surface area contributed by atoms with Gasteiger partial charge in [0.15, 0.2) is 0 Å². The van der Waals surface area contributed by atoms with Crippen molar-refractivity contribution in [1.82, 2.24) is 19.6 Å². The zero-order valence-corrected chi connectivity index (χ0v) is 29.4. The first kappa shape index (κ1) is 33.3. The van der Waals surface area contributed by atoms with Crippen LogP contribution in [-0.4, -0.2) is 121 Å². The molecule has 4 aromatic carbocycles. The lowest BCUT2D eigenvalue weighted by molar-refractivity contribution is 0.0585. The monoisotopic (exact) mass is 725 g/mol. The molecule has 1 unspecified atom stereocenters. The van der Waals surface area contributed by atoms with Gasteiger partial charge in [-0.3, -0.25) is 29.0 Å².